The monoisotopic (exact) mass is 195 g/mol. The standard InChI is InChI=1S/C13H25N/c1-4-10-8-11(9-10)14-12-6-5-7-13(12,2)3/h10-12,14H,4-9H2,1-3H3. The molecule has 1 unspecified atom stereocenters. The average Bonchev–Trinajstić information content (AvgIpc) is 2.37. The maximum atomic E-state index is 3.87. The van der Waals surface area contributed by atoms with Crippen LogP contribution in [0.4, 0.5) is 0 Å². The highest BCUT2D eigenvalue weighted by Crippen LogP contribution is 2.39. The van der Waals surface area contributed by atoms with E-state index in [9.17, 15) is 0 Å². The Kier molecular flexibility index (Phi) is 2.88. The Morgan fingerprint density at radius 3 is 2.50 bits per heavy atom. The Balaban J connectivity index is 1.76. The molecule has 1 N–H and O–H groups in total. The molecule has 0 aromatic carbocycles. The van der Waals surface area contributed by atoms with Crippen LogP contribution in [0.25, 0.3) is 0 Å². The van der Waals surface area contributed by atoms with Crippen molar-refractivity contribution >= 4 is 0 Å². The summed E-state index contributed by atoms with van der Waals surface area (Å²) in [6, 6.07) is 1.65. The predicted octanol–water partition coefficient (Wildman–Crippen LogP) is 3.34. The van der Waals surface area contributed by atoms with Gasteiger partial charge in [-0.1, -0.05) is 33.6 Å². The second kappa shape index (κ2) is 3.84. The molecule has 1 heteroatoms. The van der Waals surface area contributed by atoms with Crippen molar-refractivity contribution in [2.24, 2.45) is 11.3 Å². The van der Waals surface area contributed by atoms with Crippen LogP contribution in [0.3, 0.4) is 0 Å². The van der Waals surface area contributed by atoms with Gasteiger partial charge in [-0.25, -0.2) is 0 Å². The molecule has 0 saturated heterocycles. The topological polar surface area (TPSA) is 12.0 Å². The zero-order valence-corrected chi connectivity index (χ0v) is 9.97. The predicted molar refractivity (Wildman–Crippen MR) is 61.4 cm³/mol. The van der Waals surface area contributed by atoms with Crippen LogP contribution in [0.1, 0.15) is 59.3 Å². The average molecular weight is 195 g/mol. The molecule has 0 spiro atoms. The maximum absolute atomic E-state index is 3.87. The normalized spacial score (nSPS) is 40.9. The molecule has 1 nitrogen and oxygen atoms in total. The fourth-order valence-corrected chi connectivity index (χ4v) is 3.13. The summed E-state index contributed by atoms with van der Waals surface area (Å²) in [5, 5.41) is 3.87. The quantitative estimate of drug-likeness (QED) is 0.728. The highest BCUT2D eigenvalue weighted by atomic mass is 15.0. The summed E-state index contributed by atoms with van der Waals surface area (Å²) in [5.74, 6) is 1.03. The Hall–Kier alpha value is -0.0400. The molecule has 14 heavy (non-hydrogen) atoms. The van der Waals surface area contributed by atoms with Gasteiger partial charge in [0.2, 0.25) is 0 Å². The largest absolute Gasteiger partial charge is 0.311 e. The maximum Gasteiger partial charge on any atom is 0.0121 e. The molecule has 2 rings (SSSR count). The van der Waals surface area contributed by atoms with Gasteiger partial charge in [-0.15, -0.1) is 0 Å². The van der Waals surface area contributed by atoms with Gasteiger partial charge in [-0.2, -0.15) is 0 Å². The van der Waals surface area contributed by atoms with E-state index in [0.717, 1.165) is 18.0 Å². The summed E-state index contributed by atoms with van der Waals surface area (Å²) >= 11 is 0. The van der Waals surface area contributed by atoms with E-state index < -0.39 is 0 Å². The highest BCUT2D eigenvalue weighted by Gasteiger charge is 2.38. The van der Waals surface area contributed by atoms with Gasteiger partial charge < -0.3 is 5.32 Å². The van der Waals surface area contributed by atoms with Crippen molar-refractivity contribution in [3.05, 3.63) is 0 Å². The zero-order chi connectivity index (χ0) is 10.2. The highest BCUT2D eigenvalue weighted by molar-refractivity contribution is 4.95. The molecule has 2 aliphatic rings. The molecule has 0 aromatic heterocycles. The van der Waals surface area contributed by atoms with Crippen molar-refractivity contribution < 1.29 is 0 Å². The molecule has 2 saturated carbocycles. The third kappa shape index (κ3) is 1.98. The van der Waals surface area contributed by atoms with Crippen molar-refractivity contribution in [3.63, 3.8) is 0 Å². The minimum absolute atomic E-state index is 0.553. The van der Waals surface area contributed by atoms with E-state index in [4.69, 9.17) is 0 Å². The van der Waals surface area contributed by atoms with E-state index in [0.29, 0.717) is 5.41 Å². The molecular formula is C13H25N. The van der Waals surface area contributed by atoms with Gasteiger partial charge >= 0.3 is 0 Å². The fraction of sp³-hybridized carbons (Fsp3) is 1.00. The molecule has 2 fully saturated rings. The molecule has 0 bridgehead atoms. The molecule has 82 valence electrons. The van der Waals surface area contributed by atoms with E-state index in [2.05, 4.69) is 26.1 Å². The first-order valence-electron chi connectivity index (χ1n) is 6.38. The van der Waals surface area contributed by atoms with Crippen molar-refractivity contribution in [1.82, 2.24) is 5.32 Å². The van der Waals surface area contributed by atoms with Crippen molar-refractivity contribution in [2.75, 3.05) is 0 Å². The minimum atomic E-state index is 0.553. The van der Waals surface area contributed by atoms with Crippen molar-refractivity contribution in [2.45, 2.75) is 71.4 Å². The third-order valence-corrected chi connectivity index (χ3v) is 4.51. The summed E-state index contributed by atoms with van der Waals surface area (Å²) < 4.78 is 0. The number of nitrogens with one attached hydrogen (secondary N) is 1. The molecule has 0 amide bonds. The Morgan fingerprint density at radius 2 is 2.00 bits per heavy atom. The van der Waals surface area contributed by atoms with Crippen molar-refractivity contribution in [1.29, 1.82) is 0 Å². The van der Waals surface area contributed by atoms with Crippen molar-refractivity contribution in [3.8, 4) is 0 Å². The van der Waals surface area contributed by atoms with E-state index in [1.807, 2.05) is 0 Å². The molecule has 2 aliphatic carbocycles. The third-order valence-electron chi connectivity index (χ3n) is 4.51. The molecule has 0 aromatic rings. The van der Waals surface area contributed by atoms with Crippen LogP contribution in [-0.4, -0.2) is 12.1 Å². The lowest BCUT2D eigenvalue weighted by Crippen LogP contribution is -2.49. The molecule has 0 aliphatic heterocycles. The first kappa shape index (κ1) is 10.5. The Bertz CT molecular complexity index is 191. The van der Waals surface area contributed by atoms with E-state index in [1.54, 1.807) is 0 Å². The van der Waals surface area contributed by atoms with Gasteiger partial charge in [0.15, 0.2) is 0 Å². The van der Waals surface area contributed by atoms with Gasteiger partial charge in [-0.3, -0.25) is 0 Å². The Morgan fingerprint density at radius 1 is 1.29 bits per heavy atom. The van der Waals surface area contributed by atoms with Crippen LogP contribution >= 0.6 is 0 Å². The van der Waals surface area contributed by atoms with Gasteiger partial charge in [0.1, 0.15) is 0 Å². The van der Waals surface area contributed by atoms with Gasteiger partial charge in [0.25, 0.3) is 0 Å². The van der Waals surface area contributed by atoms with Gasteiger partial charge in [-0.05, 0) is 37.0 Å². The van der Waals surface area contributed by atoms with Crippen LogP contribution in [0.15, 0.2) is 0 Å². The number of rotatable bonds is 3. The van der Waals surface area contributed by atoms with Gasteiger partial charge in [0, 0.05) is 12.1 Å². The summed E-state index contributed by atoms with van der Waals surface area (Å²) in [4.78, 5) is 0. The molecule has 0 radical (unpaired) electrons. The van der Waals surface area contributed by atoms with E-state index in [-0.39, 0.29) is 0 Å². The smallest absolute Gasteiger partial charge is 0.0121 e. The SMILES string of the molecule is CCC1CC(NC2CCCC2(C)C)C1. The number of hydrogen-bond donors (Lipinski definition) is 1. The van der Waals surface area contributed by atoms with Gasteiger partial charge in [0.05, 0.1) is 0 Å². The van der Waals surface area contributed by atoms with E-state index >= 15 is 0 Å². The Labute approximate surface area is 88.7 Å². The van der Waals surface area contributed by atoms with Crippen LogP contribution in [-0.2, 0) is 0 Å². The summed E-state index contributed by atoms with van der Waals surface area (Å²) in [6.45, 7) is 7.17. The first-order chi connectivity index (χ1) is 6.62. The summed E-state index contributed by atoms with van der Waals surface area (Å²) in [7, 11) is 0. The molecule has 0 heterocycles. The summed E-state index contributed by atoms with van der Waals surface area (Å²) in [6.07, 6.45) is 8.49. The fourth-order valence-electron chi connectivity index (χ4n) is 3.13. The van der Waals surface area contributed by atoms with E-state index in [1.165, 1.54) is 38.5 Å². The first-order valence-corrected chi connectivity index (χ1v) is 6.38. The van der Waals surface area contributed by atoms with Crippen LogP contribution < -0.4 is 5.32 Å². The lowest BCUT2D eigenvalue weighted by Gasteiger charge is -2.40. The minimum Gasteiger partial charge on any atom is -0.311 e. The van der Waals surface area contributed by atoms with Crippen LogP contribution in [0, 0.1) is 11.3 Å². The second-order valence-electron chi connectivity index (χ2n) is 6.04. The molecule has 1 atom stereocenters. The summed E-state index contributed by atoms with van der Waals surface area (Å²) in [5.41, 5.74) is 0.553. The molecular weight excluding hydrogens is 170 g/mol. The van der Waals surface area contributed by atoms with Crippen LogP contribution in [0.2, 0.25) is 0 Å². The second-order valence-corrected chi connectivity index (χ2v) is 6.04. The lowest BCUT2D eigenvalue weighted by molar-refractivity contribution is 0.165. The zero-order valence-electron chi connectivity index (χ0n) is 9.97. The lowest BCUT2D eigenvalue weighted by atomic mass is 9.77. The van der Waals surface area contributed by atoms with Crippen LogP contribution in [0.5, 0.6) is 0 Å². The number of hydrogen-bond acceptors (Lipinski definition) is 1.